The van der Waals surface area contributed by atoms with Crippen molar-refractivity contribution in [3.05, 3.63) is 0 Å². The molecule has 50 heavy (non-hydrogen) atoms. The quantitative estimate of drug-likeness (QED) is 0.0618. The SMILES string of the molecule is O=C(O)C(O)C(O)C(=O)O.O=C(O)C(O)C(O)C(O)C(O)C(=O)O.O=C(O)C(O)C(O)C(O)C(O)CO.O=C(O)CC(O)(CC(=O)O)C(=O)O. The third kappa shape index (κ3) is 20.6. The zero-order chi connectivity index (χ0) is 41.0. The Bertz CT molecular complexity index is 1080. The summed E-state index contributed by atoms with van der Waals surface area (Å²) in [5.74, 6) is -14.0. The van der Waals surface area contributed by atoms with Crippen LogP contribution < -0.4 is 0 Å². The standard InChI is InChI=1S/C6H10O8.C6H8O7.C6H12O7.C4H6O6/c7-1(3(9)5(11)12)2(8)4(10)6(13)14;7-3(8)1-6(13,5(11)12)2-4(9)10;7-1-2(8)3(9)4(10)5(11)6(12)13;5-1(3(7)8)2(6)4(9)10/h1-4,7-10H,(H,11,12)(H,13,14);13H,1-2H2,(H,7,8)(H,9,10)(H,11,12);2-5,7-11H,1H2,(H,12,13);1-2,5-6H,(H,7,8)(H,9,10). The maximum absolute atomic E-state index is 10.3. The summed E-state index contributed by atoms with van der Waals surface area (Å²) in [6, 6.07) is 0. The van der Waals surface area contributed by atoms with Crippen LogP contribution in [0.5, 0.6) is 0 Å². The van der Waals surface area contributed by atoms with E-state index in [1.807, 2.05) is 0 Å². The lowest BCUT2D eigenvalue weighted by Gasteiger charge is -2.23. The lowest BCUT2D eigenvalue weighted by molar-refractivity contribution is -0.172. The molecule has 0 bridgehead atoms. The van der Waals surface area contributed by atoms with Crippen LogP contribution >= 0.6 is 0 Å². The number of rotatable bonds is 18. The Morgan fingerprint density at radius 2 is 0.620 bits per heavy atom. The van der Waals surface area contributed by atoms with Gasteiger partial charge in [0.25, 0.3) is 0 Å². The van der Waals surface area contributed by atoms with Crippen LogP contribution in [0, 0.1) is 0 Å². The van der Waals surface area contributed by atoms with E-state index in [1.165, 1.54) is 0 Å². The fourth-order valence-corrected chi connectivity index (χ4v) is 2.32. The first-order chi connectivity index (χ1) is 22.4. The normalized spacial score (nSPS) is 16.7. The molecule has 0 saturated carbocycles. The van der Waals surface area contributed by atoms with E-state index in [2.05, 4.69) is 0 Å². The molecular formula is C22H36O28. The smallest absolute Gasteiger partial charge is 0.336 e. The topological polar surface area (TPSA) is 541 Å². The number of aliphatic carboxylic acids is 8. The number of hydrogen-bond donors (Lipinski definition) is 20. The largest absolute Gasteiger partial charge is 0.481 e. The highest BCUT2D eigenvalue weighted by Gasteiger charge is 2.41. The van der Waals surface area contributed by atoms with Gasteiger partial charge in [-0.1, -0.05) is 0 Å². The van der Waals surface area contributed by atoms with Crippen molar-refractivity contribution in [2.45, 2.75) is 79.5 Å². The minimum absolute atomic E-state index is 0.843. The highest BCUT2D eigenvalue weighted by Crippen LogP contribution is 2.15. The maximum atomic E-state index is 10.3. The van der Waals surface area contributed by atoms with Gasteiger partial charge in [-0.3, -0.25) is 9.59 Å². The van der Waals surface area contributed by atoms with E-state index >= 15 is 0 Å². The van der Waals surface area contributed by atoms with Crippen LogP contribution in [0.1, 0.15) is 12.8 Å². The molecule has 0 aliphatic rings. The summed E-state index contributed by atoms with van der Waals surface area (Å²) in [5, 5.41) is 170. The van der Waals surface area contributed by atoms with Gasteiger partial charge in [-0.05, 0) is 0 Å². The fourth-order valence-electron chi connectivity index (χ4n) is 2.32. The zero-order valence-corrected chi connectivity index (χ0v) is 24.6. The summed E-state index contributed by atoms with van der Waals surface area (Å²) in [7, 11) is 0. The van der Waals surface area contributed by atoms with Gasteiger partial charge >= 0.3 is 47.8 Å². The van der Waals surface area contributed by atoms with Crippen LogP contribution in [0.3, 0.4) is 0 Å². The Kier molecular flexibility index (Phi) is 25.4. The van der Waals surface area contributed by atoms with Crippen molar-refractivity contribution < 1.29 is 140 Å². The van der Waals surface area contributed by atoms with E-state index in [0.717, 1.165) is 0 Å². The van der Waals surface area contributed by atoms with Crippen molar-refractivity contribution in [2.24, 2.45) is 0 Å². The van der Waals surface area contributed by atoms with Crippen molar-refractivity contribution >= 4 is 47.8 Å². The summed E-state index contributed by atoms with van der Waals surface area (Å²) in [4.78, 5) is 80.3. The lowest BCUT2D eigenvalue weighted by Crippen LogP contribution is -2.49. The molecule has 28 heteroatoms. The molecule has 0 rings (SSSR count). The number of carboxylic acid groups (broad SMARTS) is 8. The van der Waals surface area contributed by atoms with Crippen LogP contribution in [0.25, 0.3) is 0 Å². The molecule has 10 atom stereocenters. The van der Waals surface area contributed by atoms with E-state index < -0.39 is 134 Å². The van der Waals surface area contributed by atoms with Gasteiger partial charge in [0.05, 0.1) is 19.4 Å². The second kappa shape index (κ2) is 24.4. The second-order valence-electron chi connectivity index (χ2n) is 9.11. The van der Waals surface area contributed by atoms with Gasteiger partial charge in [0.1, 0.15) is 30.5 Å². The number of carbonyl (C=O) groups is 8. The molecule has 0 aliphatic carbocycles. The molecule has 0 aromatic heterocycles. The van der Waals surface area contributed by atoms with E-state index in [-0.39, 0.29) is 0 Å². The molecule has 0 fully saturated rings. The van der Waals surface area contributed by atoms with E-state index in [9.17, 15) is 38.4 Å². The Labute approximate surface area is 275 Å². The van der Waals surface area contributed by atoms with Crippen LogP contribution in [0.15, 0.2) is 0 Å². The summed E-state index contributed by atoms with van der Waals surface area (Å²) in [6.07, 6.45) is -23.9. The molecule has 0 saturated heterocycles. The number of hydrogen-bond acceptors (Lipinski definition) is 20. The molecule has 0 radical (unpaired) electrons. The summed E-state index contributed by atoms with van der Waals surface area (Å²) in [6.45, 7) is -0.843. The second-order valence-corrected chi connectivity index (χ2v) is 9.11. The highest BCUT2D eigenvalue weighted by atomic mass is 16.5. The van der Waals surface area contributed by atoms with Crippen LogP contribution in [-0.4, -0.2) is 223 Å². The van der Waals surface area contributed by atoms with Crippen molar-refractivity contribution in [2.75, 3.05) is 6.61 Å². The Balaban J connectivity index is -0.000000284. The van der Waals surface area contributed by atoms with Gasteiger partial charge in [-0.25, -0.2) is 28.8 Å². The van der Waals surface area contributed by atoms with Gasteiger partial charge in [0.15, 0.2) is 36.1 Å². The minimum Gasteiger partial charge on any atom is -0.481 e. The van der Waals surface area contributed by atoms with Gasteiger partial charge in [0.2, 0.25) is 0 Å². The van der Waals surface area contributed by atoms with E-state index in [1.54, 1.807) is 0 Å². The average molecular weight is 749 g/mol. The fraction of sp³-hybridized carbons (Fsp3) is 0.636. The van der Waals surface area contributed by atoms with Crippen molar-refractivity contribution in [1.29, 1.82) is 0 Å². The molecule has 0 aromatic rings. The molecule has 0 aromatic carbocycles. The Morgan fingerprint density at radius 3 is 0.780 bits per heavy atom. The molecule has 292 valence electrons. The van der Waals surface area contributed by atoms with Gasteiger partial charge in [0, 0.05) is 0 Å². The molecule has 0 heterocycles. The molecule has 0 spiro atoms. The van der Waals surface area contributed by atoms with E-state index in [4.69, 9.17) is 102 Å². The zero-order valence-electron chi connectivity index (χ0n) is 24.6. The van der Waals surface area contributed by atoms with Crippen molar-refractivity contribution in [3.63, 3.8) is 0 Å². The molecule has 20 N–H and O–H groups in total. The monoisotopic (exact) mass is 748 g/mol. The van der Waals surface area contributed by atoms with Crippen LogP contribution in [0.4, 0.5) is 0 Å². The predicted octanol–water partition coefficient (Wildman–Crippen LogP) is -10.3. The number of carboxylic acids is 8. The third-order valence-corrected chi connectivity index (χ3v) is 5.10. The van der Waals surface area contributed by atoms with Crippen molar-refractivity contribution in [1.82, 2.24) is 0 Å². The van der Waals surface area contributed by atoms with E-state index in [0.29, 0.717) is 0 Å². The summed E-state index contributed by atoms with van der Waals surface area (Å²) >= 11 is 0. The third-order valence-electron chi connectivity index (χ3n) is 5.10. The van der Waals surface area contributed by atoms with Crippen molar-refractivity contribution in [3.8, 4) is 0 Å². The average Bonchev–Trinajstić information content (AvgIpc) is 3.00. The molecular weight excluding hydrogens is 712 g/mol. The minimum atomic E-state index is -2.74. The highest BCUT2D eigenvalue weighted by molar-refractivity contribution is 5.88. The lowest BCUT2D eigenvalue weighted by atomic mass is 9.96. The van der Waals surface area contributed by atoms with Gasteiger partial charge in [-0.2, -0.15) is 0 Å². The predicted molar refractivity (Wildman–Crippen MR) is 142 cm³/mol. The molecule has 0 aliphatic heterocycles. The Morgan fingerprint density at radius 1 is 0.400 bits per heavy atom. The number of aliphatic hydroxyl groups is 12. The summed E-state index contributed by atoms with van der Waals surface area (Å²) < 4.78 is 0. The molecule has 10 unspecified atom stereocenters. The molecule has 28 nitrogen and oxygen atoms in total. The first-order valence-corrected chi connectivity index (χ1v) is 12.4. The van der Waals surface area contributed by atoms with Crippen LogP contribution in [0.2, 0.25) is 0 Å². The Hall–Kier alpha value is -4.72. The maximum Gasteiger partial charge on any atom is 0.336 e. The molecule has 0 amide bonds. The van der Waals surface area contributed by atoms with Crippen LogP contribution in [-0.2, 0) is 38.4 Å². The van der Waals surface area contributed by atoms with Gasteiger partial charge < -0.3 is 102 Å². The summed E-state index contributed by atoms with van der Waals surface area (Å²) in [5.41, 5.74) is -2.74. The number of aliphatic hydroxyl groups excluding tert-OH is 11. The van der Waals surface area contributed by atoms with Gasteiger partial charge in [-0.15, -0.1) is 0 Å². The first kappa shape index (κ1) is 52.1. The first-order valence-electron chi connectivity index (χ1n) is 12.4.